The van der Waals surface area contributed by atoms with Gasteiger partial charge < -0.3 is 20.9 Å². The molecular formula is C15H26N2O3. The summed E-state index contributed by atoms with van der Waals surface area (Å²) in [6.07, 6.45) is 5.34. The highest BCUT2D eigenvalue weighted by atomic mass is 16.5. The molecule has 0 unspecified atom stereocenters. The summed E-state index contributed by atoms with van der Waals surface area (Å²) in [7, 11) is 0. The Balaban J connectivity index is 2.85. The third-order valence-electron chi connectivity index (χ3n) is 3.71. The Hall–Kier alpha value is -1.17. The molecule has 0 aliphatic heterocycles. The molecule has 5 nitrogen and oxygen atoms in total. The molecule has 0 saturated carbocycles. The van der Waals surface area contributed by atoms with E-state index >= 15 is 0 Å². The number of rotatable bonds is 8. The van der Waals surface area contributed by atoms with E-state index in [1.807, 2.05) is 0 Å². The van der Waals surface area contributed by atoms with E-state index in [0.29, 0.717) is 18.5 Å². The Morgan fingerprint density at radius 1 is 1.65 bits per heavy atom. The molecule has 4 N–H and O–H groups in total. The summed E-state index contributed by atoms with van der Waals surface area (Å²) in [6.45, 7) is 8.36. The van der Waals surface area contributed by atoms with Gasteiger partial charge in [-0.15, -0.1) is 6.58 Å². The third kappa shape index (κ3) is 4.44. The first-order valence-electron chi connectivity index (χ1n) is 7.22. The molecule has 0 heterocycles. The number of ether oxygens (including phenoxy) is 1. The molecule has 0 spiro atoms. The highest BCUT2D eigenvalue weighted by Gasteiger charge is 2.33. The van der Waals surface area contributed by atoms with Crippen LogP contribution in [-0.2, 0) is 9.53 Å². The Bertz CT molecular complexity index is 364. The molecule has 0 aromatic heterocycles. The molecular weight excluding hydrogens is 256 g/mol. The topological polar surface area (TPSA) is 84.6 Å². The van der Waals surface area contributed by atoms with Gasteiger partial charge in [-0.3, -0.25) is 0 Å². The summed E-state index contributed by atoms with van der Waals surface area (Å²) >= 11 is 0. The smallest absolute Gasteiger partial charge is 0.331 e. The summed E-state index contributed by atoms with van der Waals surface area (Å²) in [5, 5.41) is 12.4. The minimum absolute atomic E-state index is 0.107. The van der Waals surface area contributed by atoms with Crippen LogP contribution in [0.2, 0.25) is 0 Å². The van der Waals surface area contributed by atoms with E-state index in [1.165, 1.54) is 0 Å². The molecule has 5 heteroatoms. The van der Waals surface area contributed by atoms with Gasteiger partial charge in [0.1, 0.15) is 0 Å². The monoisotopic (exact) mass is 282 g/mol. The van der Waals surface area contributed by atoms with E-state index < -0.39 is 5.97 Å². The zero-order valence-corrected chi connectivity index (χ0v) is 12.3. The molecule has 0 aromatic rings. The number of hydrogen-bond acceptors (Lipinski definition) is 4. The van der Waals surface area contributed by atoms with Gasteiger partial charge in [0.15, 0.2) is 0 Å². The molecule has 1 aliphatic carbocycles. The van der Waals surface area contributed by atoms with E-state index in [2.05, 4.69) is 25.7 Å². The zero-order valence-electron chi connectivity index (χ0n) is 12.3. The van der Waals surface area contributed by atoms with Crippen molar-refractivity contribution in [2.45, 2.75) is 57.4 Å². The second-order valence-electron chi connectivity index (χ2n) is 5.12. The Labute approximate surface area is 120 Å². The van der Waals surface area contributed by atoms with Gasteiger partial charge in [-0.05, 0) is 25.3 Å². The fourth-order valence-corrected chi connectivity index (χ4v) is 2.41. The molecule has 114 valence electrons. The molecule has 3 atom stereocenters. The highest BCUT2D eigenvalue weighted by Crippen LogP contribution is 2.23. The fraction of sp³-hybridized carbons (Fsp3) is 0.667. The highest BCUT2D eigenvalue weighted by molar-refractivity contribution is 5.87. The van der Waals surface area contributed by atoms with Gasteiger partial charge >= 0.3 is 5.97 Å². The quantitative estimate of drug-likeness (QED) is 0.587. The third-order valence-corrected chi connectivity index (χ3v) is 3.71. The predicted molar refractivity (Wildman–Crippen MR) is 79.5 cm³/mol. The molecule has 0 amide bonds. The number of aliphatic carboxylic acids is 1. The van der Waals surface area contributed by atoms with Crippen molar-refractivity contribution in [3.63, 3.8) is 0 Å². The van der Waals surface area contributed by atoms with Gasteiger partial charge in [-0.2, -0.15) is 0 Å². The number of carbonyl (C=O) groups is 1. The maximum Gasteiger partial charge on any atom is 0.331 e. The van der Waals surface area contributed by atoms with E-state index in [0.717, 1.165) is 12.8 Å². The van der Waals surface area contributed by atoms with Crippen LogP contribution >= 0.6 is 0 Å². The van der Waals surface area contributed by atoms with Crippen LogP contribution in [0.5, 0.6) is 0 Å². The van der Waals surface area contributed by atoms with E-state index in [1.54, 1.807) is 12.2 Å². The Morgan fingerprint density at radius 2 is 2.30 bits per heavy atom. The average Bonchev–Trinajstić information content (AvgIpc) is 2.44. The van der Waals surface area contributed by atoms with Crippen LogP contribution in [0.4, 0.5) is 0 Å². The van der Waals surface area contributed by atoms with Gasteiger partial charge in [0.05, 0.1) is 18.2 Å². The van der Waals surface area contributed by atoms with Crippen LogP contribution < -0.4 is 11.1 Å². The molecule has 1 aliphatic rings. The standard InChI is InChI=1S/C15H26N2O3/c1-4-7-17-12-8-10(15(18)19)9-13(14(12)16)20-11(5-2)6-3/h4,9,11-14,17H,1,5-8,16H2,2-3H3,(H,18,19)/t12-,13+,14+/m0/s1. The normalized spacial score (nSPS) is 26.4. The SMILES string of the molecule is C=CCN[C@H]1CC(C(=O)O)=C[C@@H](OC(CC)CC)[C@@H]1N. The van der Waals surface area contributed by atoms with Crippen LogP contribution in [0, 0.1) is 0 Å². The Kier molecular flexibility index (Phi) is 6.91. The van der Waals surface area contributed by atoms with E-state index in [-0.39, 0.29) is 24.3 Å². The largest absolute Gasteiger partial charge is 0.478 e. The minimum Gasteiger partial charge on any atom is -0.478 e. The first-order valence-corrected chi connectivity index (χ1v) is 7.22. The van der Waals surface area contributed by atoms with Gasteiger partial charge in [0.2, 0.25) is 0 Å². The first kappa shape index (κ1) is 16.9. The number of nitrogens with two attached hydrogens (primary N) is 1. The number of carboxylic acid groups (broad SMARTS) is 1. The molecule has 20 heavy (non-hydrogen) atoms. The molecule has 0 fully saturated rings. The Morgan fingerprint density at radius 3 is 2.80 bits per heavy atom. The number of hydrogen-bond donors (Lipinski definition) is 3. The van der Waals surface area contributed by atoms with Crippen molar-refractivity contribution in [2.24, 2.45) is 5.73 Å². The van der Waals surface area contributed by atoms with E-state index in [4.69, 9.17) is 10.5 Å². The second kappa shape index (κ2) is 8.19. The summed E-state index contributed by atoms with van der Waals surface area (Å²) in [4.78, 5) is 11.2. The first-order chi connectivity index (χ1) is 9.53. The van der Waals surface area contributed by atoms with Crippen molar-refractivity contribution < 1.29 is 14.6 Å². The lowest BCUT2D eigenvalue weighted by Gasteiger charge is -2.36. The number of nitrogens with one attached hydrogen (secondary N) is 1. The summed E-state index contributed by atoms with van der Waals surface area (Å²) < 4.78 is 5.96. The van der Waals surface area contributed by atoms with Crippen LogP contribution in [-0.4, -0.2) is 41.9 Å². The molecule has 0 aromatic carbocycles. The lowest BCUT2D eigenvalue weighted by atomic mass is 9.88. The molecule has 0 bridgehead atoms. The van der Waals surface area contributed by atoms with Crippen molar-refractivity contribution >= 4 is 5.97 Å². The van der Waals surface area contributed by atoms with Crippen molar-refractivity contribution in [2.75, 3.05) is 6.54 Å². The van der Waals surface area contributed by atoms with E-state index in [9.17, 15) is 9.90 Å². The predicted octanol–water partition coefficient (Wildman–Crippen LogP) is 1.45. The van der Waals surface area contributed by atoms with Crippen LogP contribution in [0.1, 0.15) is 33.1 Å². The van der Waals surface area contributed by atoms with Gasteiger partial charge in [0, 0.05) is 18.2 Å². The maximum atomic E-state index is 11.2. The summed E-state index contributed by atoms with van der Waals surface area (Å²) in [5.41, 5.74) is 6.59. The fourth-order valence-electron chi connectivity index (χ4n) is 2.41. The molecule has 0 radical (unpaired) electrons. The maximum absolute atomic E-state index is 11.2. The van der Waals surface area contributed by atoms with Gasteiger partial charge in [-0.1, -0.05) is 19.9 Å². The van der Waals surface area contributed by atoms with Crippen molar-refractivity contribution in [3.8, 4) is 0 Å². The molecule has 0 saturated heterocycles. The van der Waals surface area contributed by atoms with Crippen molar-refractivity contribution in [1.82, 2.24) is 5.32 Å². The van der Waals surface area contributed by atoms with Crippen LogP contribution in [0.15, 0.2) is 24.3 Å². The minimum atomic E-state index is -0.902. The summed E-state index contributed by atoms with van der Waals surface area (Å²) in [5.74, 6) is -0.902. The van der Waals surface area contributed by atoms with Crippen LogP contribution in [0.25, 0.3) is 0 Å². The van der Waals surface area contributed by atoms with Gasteiger partial charge in [-0.25, -0.2) is 4.79 Å². The van der Waals surface area contributed by atoms with Crippen molar-refractivity contribution in [1.29, 1.82) is 0 Å². The zero-order chi connectivity index (χ0) is 15.1. The number of carboxylic acids is 1. The lowest BCUT2D eigenvalue weighted by molar-refractivity contribution is -0.133. The second-order valence-corrected chi connectivity index (χ2v) is 5.12. The van der Waals surface area contributed by atoms with Crippen molar-refractivity contribution in [3.05, 3.63) is 24.3 Å². The lowest BCUT2D eigenvalue weighted by Crippen LogP contribution is -2.55. The van der Waals surface area contributed by atoms with Crippen LogP contribution in [0.3, 0.4) is 0 Å². The van der Waals surface area contributed by atoms with Gasteiger partial charge in [0.25, 0.3) is 0 Å². The molecule has 1 rings (SSSR count). The summed E-state index contributed by atoms with van der Waals surface area (Å²) in [6, 6.07) is -0.359. The average molecular weight is 282 g/mol.